The van der Waals surface area contributed by atoms with Crippen molar-refractivity contribution in [2.45, 2.75) is 18.9 Å². The van der Waals surface area contributed by atoms with Crippen molar-refractivity contribution in [3.05, 3.63) is 30.0 Å². The van der Waals surface area contributed by atoms with Crippen molar-refractivity contribution in [2.24, 2.45) is 18.7 Å². The van der Waals surface area contributed by atoms with Gasteiger partial charge in [0.25, 0.3) is 0 Å². The number of hydrogen-bond donors (Lipinski definition) is 1. The Balaban J connectivity index is 2.19. The lowest BCUT2D eigenvalue weighted by Gasteiger charge is -2.09. The molecule has 17 heavy (non-hydrogen) atoms. The zero-order chi connectivity index (χ0) is 12.0. The van der Waals surface area contributed by atoms with Gasteiger partial charge in [0, 0.05) is 24.7 Å². The average molecular weight is 230 g/mol. The first-order valence-corrected chi connectivity index (χ1v) is 6.10. The number of aryl methyl sites for hydroxylation is 1. The van der Waals surface area contributed by atoms with E-state index in [1.165, 1.54) is 23.8 Å². The number of fused-ring (bicyclic) bond motifs is 1. The molecule has 1 atom stereocenters. The monoisotopic (exact) mass is 230 g/mol. The summed E-state index contributed by atoms with van der Waals surface area (Å²) >= 11 is 0. The predicted octanol–water partition coefficient (Wildman–Crippen LogP) is 2.60. The molecule has 2 aromatic rings. The zero-order valence-electron chi connectivity index (χ0n) is 10.3. The fourth-order valence-corrected chi connectivity index (χ4v) is 2.60. The van der Waals surface area contributed by atoms with Crippen LogP contribution in [-0.4, -0.2) is 11.7 Å². The van der Waals surface area contributed by atoms with Gasteiger partial charge >= 0.3 is 0 Å². The van der Waals surface area contributed by atoms with Crippen molar-refractivity contribution in [3.63, 3.8) is 0 Å². The van der Waals surface area contributed by atoms with Crippen molar-refractivity contribution in [1.29, 1.82) is 0 Å². The van der Waals surface area contributed by atoms with E-state index in [9.17, 15) is 0 Å². The second-order valence-corrected chi connectivity index (χ2v) is 4.91. The van der Waals surface area contributed by atoms with Gasteiger partial charge in [0.1, 0.15) is 5.75 Å². The van der Waals surface area contributed by atoms with Crippen LogP contribution >= 0.6 is 0 Å². The van der Waals surface area contributed by atoms with E-state index in [0.717, 1.165) is 11.3 Å². The average Bonchev–Trinajstić information content (AvgIpc) is 3.13. The highest BCUT2D eigenvalue weighted by Crippen LogP contribution is 2.42. The molecule has 3 heteroatoms. The lowest BCUT2D eigenvalue weighted by Crippen LogP contribution is -2.11. The summed E-state index contributed by atoms with van der Waals surface area (Å²) in [6.45, 7) is 0. The second-order valence-electron chi connectivity index (χ2n) is 4.91. The van der Waals surface area contributed by atoms with Gasteiger partial charge < -0.3 is 15.0 Å². The maximum Gasteiger partial charge on any atom is 0.143 e. The van der Waals surface area contributed by atoms with Crippen LogP contribution in [0.2, 0.25) is 0 Å². The fraction of sp³-hybridized carbons (Fsp3) is 0.429. The first-order chi connectivity index (χ1) is 8.22. The number of rotatable bonds is 3. The topological polar surface area (TPSA) is 40.2 Å². The van der Waals surface area contributed by atoms with Gasteiger partial charge in [-0.2, -0.15) is 0 Å². The van der Waals surface area contributed by atoms with E-state index < -0.39 is 0 Å². The molecular formula is C14H18N2O. The number of benzene rings is 1. The molecular weight excluding hydrogens is 212 g/mol. The minimum absolute atomic E-state index is 0.172. The molecule has 2 N–H and O–H groups in total. The lowest BCUT2D eigenvalue weighted by atomic mass is 10.0. The number of para-hydroxylation sites is 1. The Hall–Kier alpha value is -1.48. The van der Waals surface area contributed by atoms with Gasteiger partial charge in [0.2, 0.25) is 0 Å². The molecule has 1 unspecified atom stereocenters. The molecule has 3 rings (SSSR count). The summed E-state index contributed by atoms with van der Waals surface area (Å²) in [5, 5.41) is 1.23. The summed E-state index contributed by atoms with van der Waals surface area (Å²) in [5.74, 6) is 1.59. The third-order valence-corrected chi connectivity index (χ3v) is 3.70. The van der Waals surface area contributed by atoms with Crippen LogP contribution in [0.5, 0.6) is 5.75 Å². The van der Waals surface area contributed by atoms with Crippen LogP contribution in [0.4, 0.5) is 0 Å². The summed E-state index contributed by atoms with van der Waals surface area (Å²) in [4.78, 5) is 0. The van der Waals surface area contributed by atoms with Gasteiger partial charge in [-0.15, -0.1) is 0 Å². The summed E-state index contributed by atoms with van der Waals surface area (Å²) in [6.07, 6.45) is 4.68. The van der Waals surface area contributed by atoms with Gasteiger partial charge in [-0.1, -0.05) is 12.1 Å². The number of methoxy groups -OCH3 is 1. The number of aromatic nitrogens is 1. The van der Waals surface area contributed by atoms with E-state index in [-0.39, 0.29) is 6.04 Å². The van der Waals surface area contributed by atoms with Crippen LogP contribution in [0.25, 0.3) is 10.9 Å². The Kier molecular flexibility index (Phi) is 2.37. The summed E-state index contributed by atoms with van der Waals surface area (Å²) in [7, 11) is 3.76. The standard InChI is InChI=1S/C14H18N2O/c1-16-8-11(13(15)9-6-7-9)10-4-3-5-12(17-2)14(10)16/h3-5,8-9,13H,6-7,15H2,1-2H3. The van der Waals surface area contributed by atoms with E-state index in [4.69, 9.17) is 10.5 Å². The van der Waals surface area contributed by atoms with Gasteiger partial charge in [-0.05, 0) is 30.4 Å². The molecule has 0 amide bonds. The minimum atomic E-state index is 0.172. The number of hydrogen-bond acceptors (Lipinski definition) is 2. The number of nitrogens with zero attached hydrogens (tertiary/aromatic N) is 1. The SMILES string of the molecule is COc1cccc2c(C(N)C3CC3)cn(C)c12. The van der Waals surface area contributed by atoms with Crippen LogP contribution in [0.15, 0.2) is 24.4 Å². The predicted molar refractivity (Wildman–Crippen MR) is 69.1 cm³/mol. The van der Waals surface area contributed by atoms with Crippen molar-refractivity contribution in [1.82, 2.24) is 4.57 Å². The van der Waals surface area contributed by atoms with Crippen LogP contribution in [0.1, 0.15) is 24.4 Å². The van der Waals surface area contributed by atoms with Crippen molar-refractivity contribution in [3.8, 4) is 5.75 Å². The summed E-state index contributed by atoms with van der Waals surface area (Å²) < 4.78 is 7.53. The molecule has 1 aromatic carbocycles. The van der Waals surface area contributed by atoms with Crippen molar-refractivity contribution in [2.75, 3.05) is 7.11 Å². The van der Waals surface area contributed by atoms with Gasteiger partial charge in [0.05, 0.1) is 12.6 Å². The molecule has 1 aromatic heterocycles. The zero-order valence-corrected chi connectivity index (χ0v) is 10.3. The second kappa shape index (κ2) is 3.77. The van der Waals surface area contributed by atoms with Crippen LogP contribution in [0, 0.1) is 5.92 Å². The van der Waals surface area contributed by atoms with Gasteiger partial charge in [-0.3, -0.25) is 0 Å². The maximum absolute atomic E-state index is 6.32. The van der Waals surface area contributed by atoms with E-state index in [1.54, 1.807) is 7.11 Å². The molecule has 1 saturated carbocycles. The smallest absolute Gasteiger partial charge is 0.143 e. The van der Waals surface area contributed by atoms with E-state index in [0.29, 0.717) is 5.92 Å². The first-order valence-electron chi connectivity index (χ1n) is 6.10. The molecule has 1 fully saturated rings. The van der Waals surface area contributed by atoms with Gasteiger partial charge in [0.15, 0.2) is 0 Å². The summed E-state index contributed by atoms with van der Waals surface area (Å²) in [6, 6.07) is 6.33. The highest BCUT2D eigenvalue weighted by atomic mass is 16.5. The van der Waals surface area contributed by atoms with Gasteiger partial charge in [-0.25, -0.2) is 0 Å². The third kappa shape index (κ3) is 1.62. The molecule has 1 heterocycles. The largest absolute Gasteiger partial charge is 0.495 e. The normalized spacial score (nSPS) is 17.4. The number of ether oxygens (including phenoxy) is 1. The molecule has 0 saturated heterocycles. The van der Waals surface area contributed by atoms with Crippen LogP contribution in [-0.2, 0) is 7.05 Å². The molecule has 0 radical (unpaired) electrons. The molecule has 90 valence electrons. The van der Waals surface area contributed by atoms with E-state index in [2.05, 4.69) is 16.8 Å². The Labute approximate surface area is 101 Å². The summed E-state index contributed by atoms with van der Waals surface area (Å²) in [5.41, 5.74) is 8.71. The molecule has 1 aliphatic rings. The number of nitrogens with two attached hydrogens (primary N) is 1. The molecule has 3 nitrogen and oxygen atoms in total. The third-order valence-electron chi connectivity index (χ3n) is 3.70. The molecule has 1 aliphatic carbocycles. The highest BCUT2D eigenvalue weighted by Gasteiger charge is 2.31. The molecule has 0 spiro atoms. The Morgan fingerprint density at radius 2 is 2.18 bits per heavy atom. The minimum Gasteiger partial charge on any atom is -0.495 e. The molecule has 0 aliphatic heterocycles. The fourth-order valence-electron chi connectivity index (χ4n) is 2.60. The van der Waals surface area contributed by atoms with E-state index >= 15 is 0 Å². The highest BCUT2D eigenvalue weighted by molar-refractivity contribution is 5.89. The van der Waals surface area contributed by atoms with Crippen molar-refractivity contribution < 1.29 is 4.74 Å². The van der Waals surface area contributed by atoms with Crippen molar-refractivity contribution >= 4 is 10.9 Å². The Morgan fingerprint density at radius 1 is 1.41 bits per heavy atom. The van der Waals surface area contributed by atoms with Crippen LogP contribution in [0.3, 0.4) is 0 Å². The maximum atomic E-state index is 6.32. The Bertz CT molecular complexity index is 555. The lowest BCUT2D eigenvalue weighted by molar-refractivity contribution is 0.418. The first kappa shape index (κ1) is 10.7. The van der Waals surface area contributed by atoms with E-state index in [1.807, 2.05) is 19.2 Å². The quantitative estimate of drug-likeness (QED) is 0.880. The Morgan fingerprint density at radius 3 is 2.82 bits per heavy atom. The van der Waals surface area contributed by atoms with Crippen LogP contribution < -0.4 is 10.5 Å². The molecule has 0 bridgehead atoms.